The average molecular weight is 533 g/mol. The lowest BCUT2D eigenvalue weighted by molar-refractivity contribution is -0.117. The number of sulfonamides is 1. The van der Waals surface area contributed by atoms with Crippen molar-refractivity contribution in [2.75, 3.05) is 21.5 Å². The summed E-state index contributed by atoms with van der Waals surface area (Å²) in [6.07, 6.45) is 1.76. The zero-order chi connectivity index (χ0) is 24.0. The van der Waals surface area contributed by atoms with Crippen molar-refractivity contribution < 1.29 is 26.0 Å². The van der Waals surface area contributed by atoms with Crippen LogP contribution in [0.25, 0.3) is 0 Å². The minimum absolute atomic E-state index is 0. The number of amides is 2. The first-order valence-electron chi connectivity index (χ1n) is 9.43. The van der Waals surface area contributed by atoms with Crippen LogP contribution < -0.4 is 14.9 Å². The summed E-state index contributed by atoms with van der Waals surface area (Å²) in [7, 11) is -3.64. The molecule has 0 radical (unpaired) electrons. The zero-order valence-corrected chi connectivity index (χ0v) is 20.0. The Hall–Kier alpha value is -2.86. The summed E-state index contributed by atoms with van der Waals surface area (Å²) in [5.74, 6) is 0.0755. The normalized spacial score (nSPS) is 13.3. The van der Waals surface area contributed by atoms with E-state index in [1.54, 1.807) is 28.5 Å². The molecule has 0 bridgehead atoms. The van der Waals surface area contributed by atoms with Crippen molar-refractivity contribution in [2.24, 2.45) is 0 Å². The van der Waals surface area contributed by atoms with E-state index in [4.69, 9.17) is 28.3 Å². The van der Waals surface area contributed by atoms with Gasteiger partial charge in [-0.3, -0.25) is 14.8 Å². The molecule has 33 heavy (non-hydrogen) atoms. The highest BCUT2D eigenvalue weighted by Crippen LogP contribution is 2.25. The van der Waals surface area contributed by atoms with E-state index in [9.17, 15) is 18.0 Å². The van der Waals surface area contributed by atoms with Gasteiger partial charge in [0.2, 0.25) is 5.91 Å². The third-order valence-electron chi connectivity index (χ3n) is 4.36. The van der Waals surface area contributed by atoms with Crippen LogP contribution in [-0.2, 0) is 14.8 Å². The van der Waals surface area contributed by atoms with Gasteiger partial charge in [-0.2, -0.15) is 0 Å². The number of nitrogens with zero attached hydrogens (tertiary/aromatic N) is 2. The topological polar surface area (TPSA) is 129 Å². The summed E-state index contributed by atoms with van der Waals surface area (Å²) in [4.78, 5) is 27.6. The molecule has 178 valence electrons. The van der Waals surface area contributed by atoms with Gasteiger partial charge in [-0.15, -0.1) is 11.3 Å². The van der Waals surface area contributed by atoms with Crippen LogP contribution in [0, 0.1) is 0 Å². The summed E-state index contributed by atoms with van der Waals surface area (Å²) in [5.41, 5.74) is 1.05. The quantitative estimate of drug-likeness (QED) is 0.389. The van der Waals surface area contributed by atoms with Crippen molar-refractivity contribution in [1.82, 2.24) is 4.98 Å². The van der Waals surface area contributed by atoms with Gasteiger partial charge in [-0.05, 0) is 48.9 Å². The van der Waals surface area contributed by atoms with Crippen LogP contribution in [0.2, 0.25) is 10.0 Å². The van der Waals surface area contributed by atoms with Gasteiger partial charge < -0.3 is 10.0 Å². The summed E-state index contributed by atoms with van der Waals surface area (Å²) in [6.45, 7) is 0.683. The molecule has 2 amide bonds. The number of carbonyl (C=O) groups excluding carboxylic acids is 1. The SMILES string of the molecule is O=C(O)Nc1ccc(Cl)cc1Cl.O=C1CCCN1c1ccc(S(=O)(=O)Nc2nccs2)cc1.[HH].[HH]. The number of benzene rings is 2. The van der Waals surface area contributed by atoms with E-state index >= 15 is 0 Å². The van der Waals surface area contributed by atoms with Gasteiger partial charge in [0.1, 0.15) is 0 Å². The number of carboxylic acid groups (broad SMARTS) is 1. The van der Waals surface area contributed by atoms with Gasteiger partial charge in [-0.1, -0.05) is 23.2 Å². The molecule has 0 aliphatic carbocycles. The van der Waals surface area contributed by atoms with Crippen molar-refractivity contribution >= 4 is 73.1 Å². The molecular weight excluding hydrogens is 511 g/mol. The number of hydrogen-bond acceptors (Lipinski definition) is 6. The molecule has 1 aliphatic rings. The van der Waals surface area contributed by atoms with E-state index in [0.717, 1.165) is 12.1 Å². The van der Waals surface area contributed by atoms with E-state index in [0.29, 0.717) is 28.8 Å². The Labute approximate surface area is 207 Å². The Balaban J connectivity index is 0.000000379. The number of nitrogens with one attached hydrogen (secondary N) is 2. The molecule has 1 saturated heterocycles. The molecule has 2 aromatic carbocycles. The molecule has 9 nitrogen and oxygen atoms in total. The third-order valence-corrected chi connectivity index (χ3v) is 7.08. The second-order valence-electron chi connectivity index (χ2n) is 6.64. The Morgan fingerprint density at radius 3 is 2.45 bits per heavy atom. The number of aromatic nitrogens is 1. The second kappa shape index (κ2) is 10.8. The average Bonchev–Trinajstić information content (AvgIpc) is 3.42. The van der Waals surface area contributed by atoms with Gasteiger partial charge in [0.05, 0.1) is 15.6 Å². The highest BCUT2D eigenvalue weighted by molar-refractivity contribution is 7.93. The first kappa shape index (κ1) is 24.8. The maximum Gasteiger partial charge on any atom is 0.409 e. The molecule has 0 saturated carbocycles. The van der Waals surface area contributed by atoms with Gasteiger partial charge in [0.25, 0.3) is 10.0 Å². The molecule has 0 atom stereocenters. The van der Waals surface area contributed by atoms with Crippen molar-refractivity contribution in [3.8, 4) is 0 Å². The molecule has 13 heteroatoms. The molecule has 1 aromatic heterocycles. The zero-order valence-electron chi connectivity index (χ0n) is 16.9. The van der Waals surface area contributed by atoms with Crippen molar-refractivity contribution in [3.63, 3.8) is 0 Å². The number of thiazole rings is 1. The molecule has 1 aliphatic heterocycles. The minimum Gasteiger partial charge on any atom is -0.465 e. The fourth-order valence-electron chi connectivity index (χ4n) is 2.88. The third kappa shape index (κ3) is 6.81. The minimum atomic E-state index is -3.64. The Bertz CT molecular complexity index is 1250. The van der Waals surface area contributed by atoms with Crippen LogP contribution in [-0.4, -0.2) is 37.1 Å². The summed E-state index contributed by atoms with van der Waals surface area (Å²) in [6, 6.07) is 10.8. The first-order chi connectivity index (χ1) is 15.7. The predicted octanol–water partition coefficient (Wildman–Crippen LogP) is 5.65. The second-order valence-corrected chi connectivity index (χ2v) is 10.1. The molecule has 4 rings (SSSR count). The summed E-state index contributed by atoms with van der Waals surface area (Å²) < 4.78 is 26.8. The lowest BCUT2D eigenvalue weighted by Crippen LogP contribution is -2.23. The fraction of sp³-hybridized carbons (Fsp3) is 0.150. The van der Waals surface area contributed by atoms with Crippen LogP contribution in [0.3, 0.4) is 0 Å². The van der Waals surface area contributed by atoms with Gasteiger partial charge in [-0.25, -0.2) is 18.2 Å². The van der Waals surface area contributed by atoms with Crippen LogP contribution in [0.5, 0.6) is 0 Å². The standard InChI is InChI=1S/C13H13N3O3S2.C7H5Cl2NO2.2H2/c17-12-2-1-8-16(12)10-3-5-11(6-4-10)21(18,19)15-13-14-7-9-20-13;8-4-1-2-6(5(9)3-4)10-7(11)12;;/h3-7,9H,1-2,8H2,(H,14,15);1-3,10H,(H,11,12);2*1H. The molecule has 2 heterocycles. The summed E-state index contributed by atoms with van der Waals surface area (Å²) >= 11 is 12.5. The summed E-state index contributed by atoms with van der Waals surface area (Å²) in [5, 5.41) is 13.3. The number of anilines is 3. The van der Waals surface area contributed by atoms with E-state index in [1.807, 2.05) is 0 Å². The fourth-order valence-corrected chi connectivity index (χ4v) is 5.12. The van der Waals surface area contributed by atoms with Crippen LogP contribution in [0.4, 0.5) is 21.3 Å². The molecule has 1 fully saturated rings. The molecule has 3 N–H and O–H groups in total. The van der Waals surface area contributed by atoms with Crippen molar-refractivity contribution in [1.29, 1.82) is 0 Å². The Kier molecular flexibility index (Phi) is 8.14. The van der Waals surface area contributed by atoms with Gasteiger partial charge >= 0.3 is 6.09 Å². The molecule has 0 spiro atoms. The largest absolute Gasteiger partial charge is 0.465 e. The van der Waals surface area contributed by atoms with Crippen molar-refractivity contribution in [2.45, 2.75) is 17.7 Å². The lowest BCUT2D eigenvalue weighted by Gasteiger charge is -2.16. The monoisotopic (exact) mass is 532 g/mol. The predicted molar refractivity (Wildman–Crippen MR) is 133 cm³/mol. The number of rotatable bonds is 5. The number of hydrogen-bond donors (Lipinski definition) is 3. The van der Waals surface area contributed by atoms with E-state index in [2.05, 4.69) is 15.0 Å². The van der Waals surface area contributed by atoms with Crippen molar-refractivity contribution in [3.05, 3.63) is 64.1 Å². The van der Waals surface area contributed by atoms with Crippen LogP contribution in [0.15, 0.2) is 58.9 Å². The van der Waals surface area contributed by atoms with E-state index < -0.39 is 16.1 Å². The Morgan fingerprint density at radius 1 is 1.18 bits per heavy atom. The van der Waals surface area contributed by atoms with Crippen LogP contribution in [0.1, 0.15) is 15.7 Å². The maximum atomic E-state index is 12.2. The molecular formula is C20H22Cl2N4O5S2. The van der Waals surface area contributed by atoms with Gasteiger partial charge in [0.15, 0.2) is 5.13 Å². The highest BCUT2D eigenvalue weighted by Gasteiger charge is 2.22. The van der Waals surface area contributed by atoms with E-state index in [-0.39, 0.29) is 18.7 Å². The molecule has 0 unspecified atom stereocenters. The lowest BCUT2D eigenvalue weighted by atomic mass is 10.3. The van der Waals surface area contributed by atoms with E-state index in [1.165, 1.54) is 41.8 Å². The van der Waals surface area contributed by atoms with Gasteiger partial charge in [0, 0.05) is 38.1 Å². The highest BCUT2D eigenvalue weighted by atomic mass is 35.5. The first-order valence-corrected chi connectivity index (χ1v) is 12.6. The Morgan fingerprint density at radius 2 is 1.91 bits per heavy atom. The smallest absolute Gasteiger partial charge is 0.409 e. The maximum absolute atomic E-state index is 12.2. The number of carbonyl (C=O) groups is 2. The number of halogens is 2. The molecule has 3 aromatic rings. The van der Waals surface area contributed by atoms with Crippen LogP contribution >= 0.6 is 34.5 Å².